The summed E-state index contributed by atoms with van der Waals surface area (Å²) in [5, 5.41) is 11.1. The van der Waals surface area contributed by atoms with Gasteiger partial charge in [-0.25, -0.2) is 0 Å². The van der Waals surface area contributed by atoms with Crippen LogP contribution < -0.4 is 9.64 Å². The summed E-state index contributed by atoms with van der Waals surface area (Å²) in [7, 11) is 0. The maximum atomic E-state index is 12.2. The zero-order valence-corrected chi connectivity index (χ0v) is 14.9. The largest absolute Gasteiger partial charge is 0.435 e. The minimum atomic E-state index is -2.85. The summed E-state index contributed by atoms with van der Waals surface area (Å²) in [5.74, 6) is 0.0890. The van der Waals surface area contributed by atoms with E-state index >= 15 is 0 Å². The predicted molar refractivity (Wildman–Crippen MR) is 98.1 cm³/mol. The van der Waals surface area contributed by atoms with E-state index in [1.807, 2.05) is 24.3 Å². The number of aliphatic hydroxyl groups excluding tert-OH is 1. The van der Waals surface area contributed by atoms with Crippen molar-refractivity contribution in [2.24, 2.45) is 0 Å². The number of hydrogen-bond acceptors (Lipinski definition) is 4. The molecule has 1 N–H and O–H groups in total. The normalized spacial score (nSPS) is 16.7. The molecular weight excluding hydrogens is 362 g/mol. The Bertz CT molecular complexity index is 707. The topological polar surface area (TPSA) is 35.9 Å². The number of piperazine rings is 1. The van der Waals surface area contributed by atoms with Gasteiger partial charge in [-0.3, -0.25) is 4.90 Å². The van der Waals surface area contributed by atoms with Gasteiger partial charge in [-0.05, 0) is 35.9 Å². The maximum Gasteiger partial charge on any atom is 0.387 e. The van der Waals surface area contributed by atoms with Crippen LogP contribution in [0.1, 0.15) is 11.7 Å². The molecule has 7 heteroatoms. The minimum absolute atomic E-state index is 0.0890. The Kier molecular flexibility index (Phi) is 6.29. The number of ether oxygens (including phenoxy) is 1. The van der Waals surface area contributed by atoms with Crippen LogP contribution in [0.25, 0.3) is 0 Å². The molecule has 0 aliphatic carbocycles. The summed E-state index contributed by atoms with van der Waals surface area (Å²) in [6.45, 7) is 1.02. The Morgan fingerprint density at radius 1 is 1.04 bits per heavy atom. The molecule has 1 unspecified atom stereocenters. The third-order valence-corrected chi connectivity index (χ3v) is 4.70. The van der Waals surface area contributed by atoms with Crippen molar-refractivity contribution in [2.45, 2.75) is 12.7 Å². The number of β-amino-alcohol motifs (C(OH)–C–C–N with tert-alkyl or cyclic N) is 1. The van der Waals surface area contributed by atoms with Crippen molar-refractivity contribution in [3.8, 4) is 5.75 Å². The van der Waals surface area contributed by atoms with Crippen LogP contribution in [0, 0.1) is 0 Å². The molecule has 0 amide bonds. The molecule has 0 spiro atoms. The Balaban J connectivity index is 1.51. The minimum Gasteiger partial charge on any atom is -0.435 e. The van der Waals surface area contributed by atoms with Crippen molar-refractivity contribution in [1.29, 1.82) is 0 Å². The lowest BCUT2D eigenvalue weighted by atomic mass is 10.1. The highest BCUT2D eigenvalue weighted by atomic mass is 35.5. The second-order valence-electron chi connectivity index (χ2n) is 6.23. The van der Waals surface area contributed by atoms with E-state index in [1.54, 1.807) is 12.1 Å². The molecule has 1 saturated heterocycles. The zero-order chi connectivity index (χ0) is 18.5. The first-order valence-electron chi connectivity index (χ1n) is 8.47. The van der Waals surface area contributed by atoms with Crippen LogP contribution in [0.5, 0.6) is 5.75 Å². The first kappa shape index (κ1) is 18.9. The molecule has 3 rings (SSSR count). The number of rotatable bonds is 6. The lowest BCUT2D eigenvalue weighted by Crippen LogP contribution is -2.47. The van der Waals surface area contributed by atoms with Gasteiger partial charge in [-0.1, -0.05) is 29.8 Å². The van der Waals surface area contributed by atoms with E-state index in [1.165, 1.54) is 12.1 Å². The van der Waals surface area contributed by atoms with Crippen LogP contribution in [-0.2, 0) is 0 Å². The third kappa shape index (κ3) is 5.06. The van der Waals surface area contributed by atoms with Crippen molar-refractivity contribution in [2.75, 3.05) is 37.6 Å². The highest BCUT2D eigenvalue weighted by Gasteiger charge is 2.20. The van der Waals surface area contributed by atoms with E-state index in [2.05, 4.69) is 14.5 Å². The summed E-state index contributed by atoms with van der Waals surface area (Å²) in [5.41, 5.74) is 1.79. The number of halogens is 3. The molecule has 4 nitrogen and oxygen atoms in total. The number of benzene rings is 2. The molecule has 0 bridgehead atoms. The van der Waals surface area contributed by atoms with E-state index in [-0.39, 0.29) is 5.75 Å². The molecule has 0 saturated carbocycles. The van der Waals surface area contributed by atoms with Crippen LogP contribution in [0.2, 0.25) is 5.02 Å². The number of nitrogens with zero attached hydrogens (tertiary/aromatic N) is 2. The molecule has 2 aromatic rings. The third-order valence-electron chi connectivity index (χ3n) is 4.47. The average molecular weight is 383 g/mol. The number of anilines is 1. The summed E-state index contributed by atoms with van der Waals surface area (Å²) < 4.78 is 28.7. The molecule has 1 fully saturated rings. The van der Waals surface area contributed by atoms with Gasteiger partial charge in [0.15, 0.2) is 0 Å². The molecule has 1 heterocycles. The van der Waals surface area contributed by atoms with E-state index < -0.39 is 12.7 Å². The average Bonchev–Trinajstić information content (AvgIpc) is 2.62. The molecule has 1 aliphatic rings. The molecule has 0 radical (unpaired) electrons. The van der Waals surface area contributed by atoms with Crippen molar-refractivity contribution >= 4 is 17.3 Å². The van der Waals surface area contributed by atoms with Crippen molar-refractivity contribution in [3.05, 3.63) is 59.1 Å². The molecule has 1 atom stereocenters. The number of aliphatic hydroxyl groups is 1. The lowest BCUT2D eigenvalue weighted by Gasteiger charge is -2.37. The predicted octanol–water partition coefficient (Wildman–Crippen LogP) is 3.80. The first-order valence-corrected chi connectivity index (χ1v) is 8.85. The quantitative estimate of drug-likeness (QED) is 0.824. The Morgan fingerprint density at radius 2 is 1.73 bits per heavy atom. The second kappa shape index (κ2) is 8.66. The Hall–Kier alpha value is -1.89. The van der Waals surface area contributed by atoms with Gasteiger partial charge in [-0.2, -0.15) is 8.78 Å². The van der Waals surface area contributed by atoms with Gasteiger partial charge in [0.05, 0.1) is 6.10 Å². The fourth-order valence-corrected chi connectivity index (χ4v) is 3.27. The Morgan fingerprint density at radius 3 is 2.35 bits per heavy atom. The van der Waals surface area contributed by atoms with Gasteiger partial charge in [0.2, 0.25) is 0 Å². The SMILES string of the molecule is OC(CN1CCN(c2cccc(Cl)c2)CC1)c1ccc(OC(F)F)cc1. The summed E-state index contributed by atoms with van der Waals surface area (Å²) in [4.78, 5) is 4.46. The summed E-state index contributed by atoms with van der Waals surface area (Å²) >= 11 is 6.05. The van der Waals surface area contributed by atoms with Crippen LogP contribution in [0.3, 0.4) is 0 Å². The molecule has 0 aromatic heterocycles. The van der Waals surface area contributed by atoms with Crippen LogP contribution >= 0.6 is 11.6 Å². The van der Waals surface area contributed by atoms with Crippen molar-refractivity contribution in [3.63, 3.8) is 0 Å². The van der Waals surface area contributed by atoms with Gasteiger partial charge >= 0.3 is 6.61 Å². The van der Waals surface area contributed by atoms with Gasteiger partial charge < -0.3 is 14.7 Å². The molecule has 2 aromatic carbocycles. The second-order valence-corrected chi connectivity index (χ2v) is 6.67. The maximum absolute atomic E-state index is 12.2. The summed E-state index contributed by atoms with van der Waals surface area (Å²) in [6.07, 6.45) is -0.673. The van der Waals surface area contributed by atoms with Crippen LogP contribution in [-0.4, -0.2) is 49.3 Å². The fraction of sp³-hybridized carbons (Fsp3) is 0.368. The fourth-order valence-electron chi connectivity index (χ4n) is 3.08. The Labute approximate surface area is 156 Å². The monoisotopic (exact) mass is 382 g/mol. The van der Waals surface area contributed by atoms with Gasteiger partial charge in [0, 0.05) is 43.4 Å². The standard InChI is InChI=1S/C19H21ClF2N2O2/c20-15-2-1-3-16(12-15)24-10-8-23(9-11-24)13-18(25)14-4-6-17(7-5-14)26-19(21)22/h1-7,12,18-19,25H,8-11,13H2. The number of alkyl halides is 2. The van der Waals surface area contributed by atoms with Crippen LogP contribution in [0.15, 0.2) is 48.5 Å². The van der Waals surface area contributed by atoms with Gasteiger partial charge in [0.25, 0.3) is 0 Å². The summed E-state index contributed by atoms with van der Waals surface area (Å²) in [6, 6.07) is 13.9. The highest BCUT2D eigenvalue weighted by Crippen LogP contribution is 2.23. The molecule has 26 heavy (non-hydrogen) atoms. The van der Waals surface area contributed by atoms with Gasteiger partial charge in [0.1, 0.15) is 5.75 Å². The van der Waals surface area contributed by atoms with Crippen molar-refractivity contribution in [1.82, 2.24) is 4.90 Å². The zero-order valence-electron chi connectivity index (χ0n) is 14.2. The smallest absolute Gasteiger partial charge is 0.387 e. The first-order chi connectivity index (χ1) is 12.5. The van der Waals surface area contributed by atoms with E-state index in [0.29, 0.717) is 12.1 Å². The van der Waals surface area contributed by atoms with Crippen LogP contribution in [0.4, 0.5) is 14.5 Å². The highest BCUT2D eigenvalue weighted by molar-refractivity contribution is 6.30. The van der Waals surface area contributed by atoms with E-state index in [9.17, 15) is 13.9 Å². The van der Waals surface area contributed by atoms with E-state index in [4.69, 9.17) is 11.6 Å². The van der Waals surface area contributed by atoms with E-state index in [0.717, 1.165) is 36.9 Å². The van der Waals surface area contributed by atoms with Crippen molar-refractivity contribution < 1.29 is 18.6 Å². The lowest BCUT2D eigenvalue weighted by molar-refractivity contribution is -0.0498. The molecule has 1 aliphatic heterocycles. The van der Waals surface area contributed by atoms with Gasteiger partial charge in [-0.15, -0.1) is 0 Å². The molecule has 140 valence electrons. The molecular formula is C19H21ClF2N2O2. The number of hydrogen-bond donors (Lipinski definition) is 1.